The summed E-state index contributed by atoms with van der Waals surface area (Å²) in [5, 5.41) is 14.8. The number of allylic oxidation sites excluding steroid dienone is 1. The van der Waals surface area contributed by atoms with Gasteiger partial charge in [0.15, 0.2) is 0 Å². The molecule has 5 aliphatic carbocycles. The van der Waals surface area contributed by atoms with Crippen molar-refractivity contribution < 1.29 is 5.11 Å². The molecular formula is C29H47NO2. The number of hydrogen-bond acceptors (Lipinski definition) is 3. The predicted octanol–water partition coefficient (Wildman–Crippen LogP) is 7.52. The molecule has 3 nitrogen and oxygen atoms in total. The van der Waals surface area contributed by atoms with E-state index in [4.69, 9.17) is 0 Å². The number of nitroso groups, excluding NO2 is 1. The van der Waals surface area contributed by atoms with Crippen LogP contribution in [0.1, 0.15) is 106 Å². The van der Waals surface area contributed by atoms with Gasteiger partial charge in [0.05, 0.1) is 6.10 Å². The summed E-state index contributed by atoms with van der Waals surface area (Å²) in [6, 6.07) is 0. The smallest absolute Gasteiger partial charge is 0.106 e. The highest BCUT2D eigenvalue weighted by Gasteiger charge is 2.71. The summed E-state index contributed by atoms with van der Waals surface area (Å²) in [5.74, 6) is 2.76. The fourth-order valence-electron chi connectivity index (χ4n) is 11.3. The highest BCUT2D eigenvalue weighted by Crippen LogP contribution is 2.76. The van der Waals surface area contributed by atoms with E-state index in [0.717, 1.165) is 32.1 Å². The lowest BCUT2D eigenvalue weighted by Crippen LogP contribution is -2.67. The summed E-state index contributed by atoms with van der Waals surface area (Å²) >= 11 is 0. The molecule has 10 atom stereocenters. The molecule has 32 heavy (non-hydrogen) atoms. The fourth-order valence-corrected chi connectivity index (χ4v) is 11.3. The average molecular weight is 442 g/mol. The van der Waals surface area contributed by atoms with E-state index in [2.05, 4.69) is 53.3 Å². The quantitative estimate of drug-likeness (QED) is 0.356. The first-order valence-electron chi connectivity index (χ1n) is 13.6. The van der Waals surface area contributed by atoms with Gasteiger partial charge >= 0.3 is 0 Å². The number of aliphatic hydroxyl groups excluding tert-OH is 1. The van der Waals surface area contributed by atoms with Crippen molar-refractivity contribution in [2.24, 2.45) is 56.4 Å². The Bertz CT molecular complexity index is 820. The number of rotatable bonds is 2. The van der Waals surface area contributed by atoms with Crippen LogP contribution in [-0.2, 0) is 0 Å². The molecule has 0 spiro atoms. The van der Waals surface area contributed by atoms with E-state index < -0.39 is 0 Å². The van der Waals surface area contributed by atoms with Crippen molar-refractivity contribution in [1.29, 1.82) is 0 Å². The summed E-state index contributed by atoms with van der Waals surface area (Å²) in [4.78, 5) is 12.3. The second-order valence-electron chi connectivity index (χ2n) is 14.3. The number of aliphatic hydroxyl groups is 1. The van der Waals surface area contributed by atoms with Crippen molar-refractivity contribution in [3.8, 4) is 0 Å². The van der Waals surface area contributed by atoms with Crippen molar-refractivity contribution in [3.05, 3.63) is 17.1 Å². The van der Waals surface area contributed by atoms with Crippen molar-refractivity contribution >= 4 is 0 Å². The molecule has 3 heteroatoms. The first-order chi connectivity index (χ1) is 14.9. The van der Waals surface area contributed by atoms with Crippen LogP contribution in [0.2, 0.25) is 0 Å². The van der Waals surface area contributed by atoms with E-state index in [1.165, 1.54) is 37.7 Å². The molecular weight excluding hydrogens is 394 g/mol. The van der Waals surface area contributed by atoms with Gasteiger partial charge in [-0.3, -0.25) is 0 Å². The topological polar surface area (TPSA) is 49.7 Å². The molecule has 5 saturated carbocycles. The number of fused-ring (bicyclic) bond motifs is 7. The second kappa shape index (κ2) is 6.92. The van der Waals surface area contributed by atoms with Crippen LogP contribution in [0, 0.1) is 56.2 Å². The van der Waals surface area contributed by atoms with Gasteiger partial charge in [0, 0.05) is 0 Å². The Kier molecular flexibility index (Phi) is 4.99. The predicted molar refractivity (Wildman–Crippen MR) is 131 cm³/mol. The summed E-state index contributed by atoms with van der Waals surface area (Å²) in [7, 11) is 0. The van der Waals surface area contributed by atoms with E-state index in [0.29, 0.717) is 40.4 Å². The zero-order chi connectivity index (χ0) is 23.3. The number of nitrogens with zero attached hydrogens (tertiary/aromatic N) is 1. The van der Waals surface area contributed by atoms with E-state index in [-0.39, 0.29) is 22.5 Å². The second-order valence-corrected chi connectivity index (χ2v) is 14.3. The van der Waals surface area contributed by atoms with Crippen LogP contribution in [-0.4, -0.2) is 16.7 Å². The standard InChI is InChI=1S/C29H47NO2/c1-18(2)19-10-15-29(30-32)17-16-27(6)20(24(19)29)8-9-22-26(5)13-12-23(31)25(3,4)21(26)11-14-28(22,27)7/h19-24,31H,1,8-17H2,2-7H3/t19-,20+,21?,22?,23-,24?,26-,27+,28+,29-/m0/s1. The van der Waals surface area contributed by atoms with Gasteiger partial charge in [-0.05, 0) is 122 Å². The Balaban J connectivity index is 1.56. The van der Waals surface area contributed by atoms with Gasteiger partial charge in [-0.15, -0.1) is 0 Å². The van der Waals surface area contributed by atoms with Gasteiger partial charge in [-0.1, -0.05) is 51.9 Å². The molecule has 0 aromatic carbocycles. The molecule has 0 amide bonds. The lowest BCUT2D eigenvalue weighted by molar-refractivity contribution is -0.242. The molecule has 5 aliphatic rings. The maximum Gasteiger partial charge on any atom is 0.106 e. The Morgan fingerprint density at radius 1 is 0.844 bits per heavy atom. The third-order valence-corrected chi connectivity index (χ3v) is 13.2. The van der Waals surface area contributed by atoms with Crippen LogP contribution in [0.4, 0.5) is 0 Å². The molecule has 1 N–H and O–H groups in total. The minimum atomic E-state index is -0.338. The molecule has 0 bridgehead atoms. The monoisotopic (exact) mass is 441 g/mol. The zero-order valence-electron chi connectivity index (χ0n) is 21.5. The van der Waals surface area contributed by atoms with E-state index in [1.807, 2.05) is 0 Å². The Labute approximate surface area is 196 Å². The van der Waals surface area contributed by atoms with Gasteiger partial charge in [0.1, 0.15) is 5.54 Å². The highest BCUT2D eigenvalue weighted by molar-refractivity contribution is 5.23. The van der Waals surface area contributed by atoms with Crippen LogP contribution in [0.5, 0.6) is 0 Å². The molecule has 180 valence electrons. The zero-order valence-corrected chi connectivity index (χ0v) is 21.5. The molecule has 0 radical (unpaired) electrons. The van der Waals surface area contributed by atoms with Gasteiger partial charge in [-0.2, -0.15) is 4.91 Å². The molecule has 0 aliphatic heterocycles. The summed E-state index contributed by atoms with van der Waals surface area (Å²) in [6.45, 7) is 19.1. The molecule has 5 fully saturated rings. The largest absolute Gasteiger partial charge is 0.393 e. The minimum absolute atomic E-state index is 0.00569. The maximum atomic E-state index is 12.3. The minimum Gasteiger partial charge on any atom is -0.393 e. The average Bonchev–Trinajstić information content (AvgIpc) is 3.12. The Morgan fingerprint density at radius 3 is 2.22 bits per heavy atom. The SMILES string of the molecule is C=C(C)[C@@H]1CC[C@]2(N=O)CC[C@]3(C)[C@H](CCC4[C@@]5(C)CC[C@H](O)C(C)(C)C5CC[C@]43C)C12. The van der Waals surface area contributed by atoms with E-state index in [1.54, 1.807) is 0 Å². The molecule has 0 aromatic heterocycles. The molecule has 3 unspecified atom stereocenters. The lowest BCUT2D eigenvalue weighted by Gasteiger charge is -2.72. The van der Waals surface area contributed by atoms with Crippen LogP contribution in [0.25, 0.3) is 0 Å². The van der Waals surface area contributed by atoms with Crippen LogP contribution < -0.4 is 0 Å². The third kappa shape index (κ3) is 2.58. The highest BCUT2D eigenvalue weighted by atomic mass is 16.3. The molecule has 0 aromatic rings. The number of hydrogen-bond donors (Lipinski definition) is 1. The van der Waals surface area contributed by atoms with Crippen LogP contribution in [0.3, 0.4) is 0 Å². The molecule has 0 saturated heterocycles. The third-order valence-electron chi connectivity index (χ3n) is 13.2. The maximum absolute atomic E-state index is 12.3. The van der Waals surface area contributed by atoms with Crippen molar-refractivity contribution in [3.63, 3.8) is 0 Å². The summed E-state index contributed by atoms with van der Waals surface area (Å²) < 4.78 is 0. The first kappa shape index (κ1) is 23.1. The normalized spacial score (nSPS) is 56.3. The Hall–Kier alpha value is -0.700. The van der Waals surface area contributed by atoms with E-state index >= 15 is 0 Å². The van der Waals surface area contributed by atoms with Gasteiger partial charge in [-0.25, -0.2) is 0 Å². The van der Waals surface area contributed by atoms with Gasteiger partial charge in [0.2, 0.25) is 0 Å². The summed E-state index contributed by atoms with van der Waals surface area (Å²) in [5.41, 5.74) is 1.82. The van der Waals surface area contributed by atoms with E-state index in [9.17, 15) is 10.0 Å². The van der Waals surface area contributed by atoms with Gasteiger partial charge < -0.3 is 5.11 Å². The fraction of sp³-hybridized carbons (Fsp3) is 0.931. The summed E-state index contributed by atoms with van der Waals surface area (Å²) in [6.07, 6.45) is 11.2. The van der Waals surface area contributed by atoms with Crippen LogP contribution in [0.15, 0.2) is 17.3 Å². The molecule has 0 heterocycles. The lowest BCUT2D eigenvalue weighted by atomic mass is 9.32. The van der Waals surface area contributed by atoms with Crippen LogP contribution >= 0.6 is 0 Å². The van der Waals surface area contributed by atoms with Crippen molar-refractivity contribution in [2.45, 2.75) is 117 Å². The van der Waals surface area contributed by atoms with Crippen molar-refractivity contribution in [1.82, 2.24) is 0 Å². The first-order valence-corrected chi connectivity index (χ1v) is 13.6. The molecule has 5 rings (SSSR count). The Morgan fingerprint density at radius 2 is 1.56 bits per heavy atom. The van der Waals surface area contributed by atoms with Gasteiger partial charge in [0.25, 0.3) is 0 Å². The van der Waals surface area contributed by atoms with Crippen molar-refractivity contribution in [2.75, 3.05) is 0 Å².